The Balaban J connectivity index is 1.96. The largest absolute Gasteiger partial charge is 0.321 e. The van der Waals surface area contributed by atoms with Crippen molar-refractivity contribution in [2.24, 2.45) is 0 Å². The third-order valence-electron chi connectivity index (χ3n) is 3.38. The van der Waals surface area contributed by atoms with Gasteiger partial charge in [-0.3, -0.25) is 4.98 Å². The molecule has 2 aromatic rings. The van der Waals surface area contributed by atoms with E-state index in [4.69, 9.17) is 11.6 Å². The minimum Gasteiger partial charge on any atom is -0.321 e. The molecule has 0 unspecified atom stereocenters. The van der Waals surface area contributed by atoms with Crippen molar-refractivity contribution in [1.82, 2.24) is 15.3 Å². The van der Waals surface area contributed by atoms with Gasteiger partial charge in [0.25, 0.3) is 0 Å². The highest BCUT2D eigenvalue weighted by molar-refractivity contribution is 6.31. The minimum absolute atomic E-state index is 0.705. The highest BCUT2D eigenvalue weighted by atomic mass is 35.5. The first-order chi connectivity index (χ1) is 9.74. The Kier molecular flexibility index (Phi) is 5.59. The summed E-state index contributed by atoms with van der Waals surface area (Å²) in [7, 11) is 0. The van der Waals surface area contributed by atoms with E-state index in [1.165, 1.54) is 0 Å². The van der Waals surface area contributed by atoms with Crippen molar-refractivity contribution in [3.8, 4) is 0 Å². The van der Waals surface area contributed by atoms with Crippen LogP contribution in [-0.2, 0) is 0 Å². The number of hydrazine groups is 1. The zero-order valence-electron chi connectivity index (χ0n) is 12.0. The van der Waals surface area contributed by atoms with E-state index in [1.807, 2.05) is 24.3 Å². The SMILES string of the molecule is CCN(CC)CCNNc1ccnc2cc(Cl)ccc12. The maximum absolute atomic E-state index is 5.98. The minimum atomic E-state index is 0.705. The summed E-state index contributed by atoms with van der Waals surface area (Å²) in [6.45, 7) is 8.42. The van der Waals surface area contributed by atoms with Gasteiger partial charge in [-0.05, 0) is 37.4 Å². The van der Waals surface area contributed by atoms with Crippen LogP contribution in [0.1, 0.15) is 13.8 Å². The molecule has 0 amide bonds. The molecule has 0 aliphatic carbocycles. The van der Waals surface area contributed by atoms with Gasteiger partial charge in [-0.1, -0.05) is 25.4 Å². The van der Waals surface area contributed by atoms with E-state index >= 15 is 0 Å². The van der Waals surface area contributed by atoms with Gasteiger partial charge in [0.2, 0.25) is 0 Å². The highest BCUT2D eigenvalue weighted by Crippen LogP contribution is 2.23. The van der Waals surface area contributed by atoms with Gasteiger partial charge < -0.3 is 10.3 Å². The standard InChI is InChI=1S/C15H21ClN4/c1-3-20(4-2)10-9-18-19-14-7-8-17-15-11-12(16)5-6-13(14)15/h5-8,11,18H,3-4,9-10H2,1-2H3,(H,17,19). The first-order valence-electron chi connectivity index (χ1n) is 7.00. The lowest BCUT2D eigenvalue weighted by atomic mass is 10.2. The molecule has 0 saturated carbocycles. The quantitative estimate of drug-likeness (QED) is 0.607. The van der Waals surface area contributed by atoms with E-state index in [0.29, 0.717) is 5.02 Å². The Morgan fingerprint density at radius 2 is 2.00 bits per heavy atom. The molecule has 4 nitrogen and oxygen atoms in total. The molecule has 0 radical (unpaired) electrons. The Morgan fingerprint density at radius 1 is 1.20 bits per heavy atom. The summed E-state index contributed by atoms with van der Waals surface area (Å²) in [5.41, 5.74) is 8.42. The number of pyridine rings is 1. The van der Waals surface area contributed by atoms with Crippen LogP contribution in [0.2, 0.25) is 5.02 Å². The predicted molar refractivity (Wildman–Crippen MR) is 86.2 cm³/mol. The number of rotatable bonds is 7. The topological polar surface area (TPSA) is 40.2 Å². The number of halogens is 1. The number of nitrogens with one attached hydrogen (secondary N) is 2. The van der Waals surface area contributed by atoms with Gasteiger partial charge in [0.1, 0.15) is 0 Å². The molecule has 1 aromatic carbocycles. The number of anilines is 1. The number of hydrogen-bond donors (Lipinski definition) is 2. The lowest BCUT2D eigenvalue weighted by molar-refractivity contribution is 0.305. The fourth-order valence-corrected chi connectivity index (χ4v) is 2.31. The van der Waals surface area contributed by atoms with Gasteiger partial charge in [0, 0.05) is 29.7 Å². The maximum atomic E-state index is 5.98. The number of hydrogen-bond acceptors (Lipinski definition) is 4. The lowest BCUT2D eigenvalue weighted by Crippen LogP contribution is -2.34. The summed E-state index contributed by atoms with van der Waals surface area (Å²) in [6, 6.07) is 7.70. The zero-order valence-corrected chi connectivity index (χ0v) is 12.7. The second kappa shape index (κ2) is 7.43. The monoisotopic (exact) mass is 292 g/mol. The van der Waals surface area contributed by atoms with Crippen molar-refractivity contribution in [2.45, 2.75) is 13.8 Å². The second-order valence-corrected chi connectivity index (χ2v) is 5.04. The average molecular weight is 293 g/mol. The predicted octanol–water partition coefficient (Wildman–Crippen LogP) is 3.15. The number of aromatic nitrogens is 1. The fraction of sp³-hybridized carbons (Fsp3) is 0.400. The summed E-state index contributed by atoms with van der Waals surface area (Å²) in [5.74, 6) is 0. The van der Waals surface area contributed by atoms with E-state index < -0.39 is 0 Å². The van der Waals surface area contributed by atoms with Crippen LogP contribution in [0.15, 0.2) is 30.5 Å². The van der Waals surface area contributed by atoms with Crippen molar-refractivity contribution in [1.29, 1.82) is 0 Å². The molecule has 108 valence electrons. The molecule has 5 heteroatoms. The number of likely N-dealkylation sites (N-methyl/N-ethyl adjacent to an activating group) is 1. The van der Waals surface area contributed by atoms with Crippen LogP contribution >= 0.6 is 11.6 Å². The van der Waals surface area contributed by atoms with E-state index in [9.17, 15) is 0 Å². The number of nitrogens with zero attached hydrogens (tertiary/aromatic N) is 2. The average Bonchev–Trinajstić information content (AvgIpc) is 2.47. The smallest absolute Gasteiger partial charge is 0.0738 e. The molecule has 0 spiro atoms. The molecule has 0 bridgehead atoms. The molecule has 0 aliphatic rings. The fourth-order valence-electron chi connectivity index (χ4n) is 2.14. The van der Waals surface area contributed by atoms with E-state index in [2.05, 4.69) is 34.6 Å². The van der Waals surface area contributed by atoms with Gasteiger partial charge in [-0.15, -0.1) is 0 Å². The van der Waals surface area contributed by atoms with Crippen LogP contribution in [0.4, 0.5) is 5.69 Å². The van der Waals surface area contributed by atoms with E-state index in [1.54, 1.807) is 6.20 Å². The Hall–Kier alpha value is -1.36. The Labute approximate surface area is 125 Å². The number of fused-ring (bicyclic) bond motifs is 1. The molecule has 0 atom stereocenters. The van der Waals surface area contributed by atoms with Gasteiger partial charge in [0.05, 0.1) is 11.2 Å². The van der Waals surface area contributed by atoms with E-state index in [-0.39, 0.29) is 0 Å². The molecule has 0 fully saturated rings. The molecular weight excluding hydrogens is 272 g/mol. The van der Waals surface area contributed by atoms with Crippen molar-refractivity contribution in [2.75, 3.05) is 31.6 Å². The Bertz CT molecular complexity index is 555. The van der Waals surface area contributed by atoms with Crippen LogP contribution in [-0.4, -0.2) is 36.1 Å². The molecule has 1 aromatic heterocycles. The maximum Gasteiger partial charge on any atom is 0.0738 e. The zero-order chi connectivity index (χ0) is 14.4. The molecule has 20 heavy (non-hydrogen) atoms. The summed E-state index contributed by atoms with van der Waals surface area (Å²) >= 11 is 5.98. The Morgan fingerprint density at radius 3 is 2.75 bits per heavy atom. The second-order valence-electron chi connectivity index (χ2n) is 4.60. The van der Waals surface area contributed by atoms with Crippen LogP contribution in [0.3, 0.4) is 0 Å². The first kappa shape index (κ1) is 15.0. The van der Waals surface area contributed by atoms with Gasteiger partial charge in [-0.25, -0.2) is 5.43 Å². The summed E-state index contributed by atoms with van der Waals surface area (Å²) in [4.78, 5) is 6.70. The van der Waals surface area contributed by atoms with Crippen molar-refractivity contribution in [3.05, 3.63) is 35.5 Å². The molecule has 2 rings (SSSR count). The van der Waals surface area contributed by atoms with Crippen LogP contribution < -0.4 is 10.9 Å². The van der Waals surface area contributed by atoms with E-state index in [0.717, 1.165) is 42.8 Å². The van der Waals surface area contributed by atoms with Crippen molar-refractivity contribution < 1.29 is 0 Å². The van der Waals surface area contributed by atoms with Crippen LogP contribution in [0.5, 0.6) is 0 Å². The molecule has 0 aliphatic heterocycles. The van der Waals surface area contributed by atoms with Crippen LogP contribution in [0, 0.1) is 0 Å². The van der Waals surface area contributed by atoms with Crippen LogP contribution in [0.25, 0.3) is 10.9 Å². The van der Waals surface area contributed by atoms with Gasteiger partial charge in [0.15, 0.2) is 0 Å². The highest BCUT2D eigenvalue weighted by Gasteiger charge is 2.02. The third-order valence-corrected chi connectivity index (χ3v) is 3.61. The van der Waals surface area contributed by atoms with Gasteiger partial charge in [-0.2, -0.15) is 0 Å². The summed E-state index contributed by atoms with van der Waals surface area (Å²) in [5, 5.41) is 1.77. The van der Waals surface area contributed by atoms with Gasteiger partial charge >= 0.3 is 0 Å². The van der Waals surface area contributed by atoms with Crippen molar-refractivity contribution >= 4 is 28.2 Å². The summed E-state index contributed by atoms with van der Waals surface area (Å²) in [6.07, 6.45) is 1.78. The lowest BCUT2D eigenvalue weighted by Gasteiger charge is -2.18. The van der Waals surface area contributed by atoms with Crippen molar-refractivity contribution in [3.63, 3.8) is 0 Å². The molecular formula is C15H21ClN4. The third kappa shape index (κ3) is 3.82. The molecule has 0 saturated heterocycles. The first-order valence-corrected chi connectivity index (χ1v) is 7.38. The molecule has 2 N–H and O–H groups in total. The normalized spacial score (nSPS) is 11.2. The number of benzene rings is 1. The molecule has 1 heterocycles. The summed E-state index contributed by atoms with van der Waals surface area (Å²) < 4.78 is 0.